The third-order valence-electron chi connectivity index (χ3n) is 5.05. The second-order valence-electron chi connectivity index (χ2n) is 5.75. The minimum atomic E-state index is -0.605. The Kier molecular flexibility index (Phi) is 2.17. The number of carbonyl (C=O) groups excluding carboxylic acids is 1. The molecule has 3 fully saturated rings. The Morgan fingerprint density at radius 1 is 1.13 bits per heavy atom. The van der Waals surface area contributed by atoms with Crippen molar-refractivity contribution in [3.05, 3.63) is 0 Å². The number of carbonyl (C=O) groups is 1. The van der Waals surface area contributed by atoms with Crippen molar-refractivity contribution < 1.29 is 9.90 Å². The van der Waals surface area contributed by atoms with Gasteiger partial charge >= 0.3 is 0 Å². The molecule has 0 aromatic heterocycles. The average Bonchev–Trinajstić information content (AvgIpc) is 2.21. The molecule has 3 aliphatic rings. The molecule has 1 N–H and O–H groups in total. The summed E-state index contributed by atoms with van der Waals surface area (Å²) in [5.41, 5.74) is -0.605. The molecule has 0 spiro atoms. The van der Waals surface area contributed by atoms with Crippen molar-refractivity contribution in [2.45, 2.75) is 57.0 Å². The highest BCUT2D eigenvalue weighted by Gasteiger charge is 2.55. The van der Waals surface area contributed by atoms with Crippen molar-refractivity contribution in [1.29, 1.82) is 0 Å². The number of fused-ring (bicyclic) bond motifs is 4. The van der Waals surface area contributed by atoms with Crippen LogP contribution in [0.3, 0.4) is 0 Å². The van der Waals surface area contributed by atoms with Crippen molar-refractivity contribution in [1.82, 2.24) is 0 Å². The molecule has 15 heavy (non-hydrogen) atoms. The highest BCUT2D eigenvalue weighted by atomic mass is 16.3. The van der Waals surface area contributed by atoms with E-state index in [-0.39, 0.29) is 5.92 Å². The summed E-state index contributed by atoms with van der Waals surface area (Å²) in [6.07, 6.45) is 8.55. The van der Waals surface area contributed by atoms with Gasteiger partial charge < -0.3 is 5.11 Å². The van der Waals surface area contributed by atoms with Crippen LogP contribution in [0.4, 0.5) is 0 Å². The summed E-state index contributed by atoms with van der Waals surface area (Å²) in [5.74, 6) is 1.11. The molecule has 4 atom stereocenters. The Hall–Kier alpha value is -0.370. The third-order valence-corrected chi connectivity index (χ3v) is 5.05. The highest BCUT2D eigenvalue weighted by molar-refractivity contribution is 5.86. The number of aliphatic hydroxyl groups is 1. The fraction of sp³-hybridized carbons (Fsp3) is 0.923. The first kappa shape index (κ1) is 9.83. The van der Waals surface area contributed by atoms with E-state index < -0.39 is 5.60 Å². The quantitative estimate of drug-likeness (QED) is 0.663. The van der Waals surface area contributed by atoms with E-state index in [1.807, 2.05) is 0 Å². The lowest BCUT2D eigenvalue weighted by Gasteiger charge is -2.52. The molecule has 2 heteroatoms. The SMILES string of the molecule is O=C1[C@@H]2CCC[C@H]1[C@@]1(O)CCCC[C@@H]1C2. The number of rotatable bonds is 0. The minimum Gasteiger partial charge on any atom is -0.389 e. The zero-order valence-electron chi connectivity index (χ0n) is 9.24. The fourth-order valence-corrected chi connectivity index (χ4v) is 4.24. The topological polar surface area (TPSA) is 37.3 Å². The van der Waals surface area contributed by atoms with Crippen LogP contribution in [0.5, 0.6) is 0 Å². The molecule has 0 aromatic rings. The predicted molar refractivity (Wildman–Crippen MR) is 57.4 cm³/mol. The van der Waals surface area contributed by atoms with E-state index >= 15 is 0 Å². The molecule has 0 aliphatic heterocycles. The second kappa shape index (κ2) is 3.31. The maximum atomic E-state index is 12.1. The number of hydrogen-bond acceptors (Lipinski definition) is 2. The molecule has 0 aromatic carbocycles. The molecular weight excluding hydrogens is 188 g/mol. The summed E-state index contributed by atoms with van der Waals surface area (Å²) < 4.78 is 0. The Labute approximate surface area is 91.1 Å². The van der Waals surface area contributed by atoms with Crippen molar-refractivity contribution in [2.75, 3.05) is 0 Å². The fourth-order valence-electron chi connectivity index (χ4n) is 4.24. The summed E-state index contributed by atoms with van der Waals surface area (Å²) >= 11 is 0. The van der Waals surface area contributed by atoms with Crippen LogP contribution in [0.2, 0.25) is 0 Å². The van der Waals surface area contributed by atoms with Crippen LogP contribution < -0.4 is 0 Å². The van der Waals surface area contributed by atoms with Gasteiger partial charge in [-0.2, -0.15) is 0 Å². The Morgan fingerprint density at radius 2 is 2.00 bits per heavy atom. The maximum absolute atomic E-state index is 12.1. The van der Waals surface area contributed by atoms with Gasteiger partial charge in [-0.3, -0.25) is 4.79 Å². The van der Waals surface area contributed by atoms with Crippen molar-refractivity contribution in [2.24, 2.45) is 17.8 Å². The molecular formula is C13H20O2. The van der Waals surface area contributed by atoms with E-state index in [1.165, 1.54) is 6.42 Å². The van der Waals surface area contributed by atoms with Gasteiger partial charge in [0, 0.05) is 11.8 Å². The summed E-state index contributed by atoms with van der Waals surface area (Å²) in [5, 5.41) is 10.8. The first-order valence-electron chi connectivity index (χ1n) is 6.48. The van der Waals surface area contributed by atoms with Gasteiger partial charge in [0.15, 0.2) is 0 Å². The molecule has 0 unspecified atom stereocenters. The van der Waals surface area contributed by atoms with Gasteiger partial charge in [0.1, 0.15) is 5.78 Å². The summed E-state index contributed by atoms with van der Waals surface area (Å²) in [7, 11) is 0. The number of hydrogen-bond donors (Lipinski definition) is 1. The second-order valence-corrected chi connectivity index (χ2v) is 5.75. The molecule has 0 heterocycles. The highest BCUT2D eigenvalue weighted by Crippen LogP contribution is 2.52. The lowest BCUT2D eigenvalue weighted by atomic mass is 9.55. The van der Waals surface area contributed by atoms with Gasteiger partial charge in [0.2, 0.25) is 0 Å². The zero-order chi connectivity index (χ0) is 10.5. The number of ketones is 1. The van der Waals surface area contributed by atoms with Crippen molar-refractivity contribution in [3.8, 4) is 0 Å². The Balaban J connectivity index is 1.94. The third kappa shape index (κ3) is 1.30. The predicted octanol–water partition coefficient (Wildman–Crippen LogP) is 2.30. The van der Waals surface area contributed by atoms with Crippen LogP contribution in [0, 0.1) is 17.8 Å². The monoisotopic (exact) mass is 208 g/mol. The number of Topliss-reactive ketones (excluding diaryl/α,β-unsaturated/α-hetero) is 1. The molecule has 2 nitrogen and oxygen atoms in total. The molecule has 2 bridgehead atoms. The van der Waals surface area contributed by atoms with Gasteiger partial charge in [-0.05, 0) is 38.0 Å². The van der Waals surface area contributed by atoms with Crippen LogP contribution >= 0.6 is 0 Å². The van der Waals surface area contributed by atoms with Crippen LogP contribution in [0.1, 0.15) is 51.4 Å². The van der Waals surface area contributed by atoms with E-state index in [4.69, 9.17) is 0 Å². The minimum absolute atomic E-state index is 0.00435. The molecule has 0 amide bonds. The molecule has 3 saturated carbocycles. The van der Waals surface area contributed by atoms with E-state index in [0.29, 0.717) is 17.6 Å². The van der Waals surface area contributed by atoms with Crippen LogP contribution in [0.25, 0.3) is 0 Å². The van der Waals surface area contributed by atoms with E-state index in [9.17, 15) is 9.90 Å². The molecule has 0 radical (unpaired) electrons. The Bertz CT molecular complexity index is 286. The standard InChI is InChI=1S/C13H20O2/c14-12-9-4-3-6-11(12)13(15)7-2-1-5-10(13)8-9/h9-11,15H,1-8H2/t9-,10-,11-,13-/m1/s1. The Morgan fingerprint density at radius 3 is 2.87 bits per heavy atom. The molecule has 3 rings (SSSR count). The van der Waals surface area contributed by atoms with Crippen LogP contribution in [-0.2, 0) is 4.79 Å². The largest absolute Gasteiger partial charge is 0.389 e. The van der Waals surface area contributed by atoms with E-state index in [2.05, 4.69) is 0 Å². The van der Waals surface area contributed by atoms with Gasteiger partial charge in [0.05, 0.1) is 5.60 Å². The van der Waals surface area contributed by atoms with Crippen LogP contribution in [-0.4, -0.2) is 16.5 Å². The smallest absolute Gasteiger partial charge is 0.141 e. The van der Waals surface area contributed by atoms with Gasteiger partial charge in [-0.25, -0.2) is 0 Å². The lowest BCUT2D eigenvalue weighted by Crippen LogP contribution is -2.57. The summed E-state index contributed by atoms with van der Waals surface area (Å²) in [4.78, 5) is 12.1. The first-order chi connectivity index (χ1) is 7.22. The van der Waals surface area contributed by atoms with E-state index in [0.717, 1.165) is 44.9 Å². The molecule has 84 valence electrons. The average molecular weight is 208 g/mol. The maximum Gasteiger partial charge on any atom is 0.141 e. The van der Waals surface area contributed by atoms with Crippen molar-refractivity contribution >= 4 is 5.78 Å². The van der Waals surface area contributed by atoms with Crippen molar-refractivity contribution in [3.63, 3.8) is 0 Å². The van der Waals surface area contributed by atoms with E-state index in [1.54, 1.807) is 0 Å². The van der Waals surface area contributed by atoms with Gasteiger partial charge in [-0.15, -0.1) is 0 Å². The normalized spacial score (nSPS) is 49.9. The lowest BCUT2D eigenvalue weighted by molar-refractivity contribution is -0.167. The molecule has 0 saturated heterocycles. The summed E-state index contributed by atoms with van der Waals surface area (Å²) in [6, 6.07) is 0. The summed E-state index contributed by atoms with van der Waals surface area (Å²) in [6.45, 7) is 0. The van der Waals surface area contributed by atoms with Gasteiger partial charge in [0.25, 0.3) is 0 Å². The zero-order valence-corrected chi connectivity index (χ0v) is 9.24. The van der Waals surface area contributed by atoms with Crippen LogP contribution in [0.15, 0.2) is 0 Å². The first-order valence-corrected chi connectivity index (χ1v) is 6.48. The molecule has 3 aliphatic carbocycles. The van der Waals surface area contributed by atoms with Gasteiger partial charge in [-0.1, -0.05) is 19.3 Å².